The monoisotopic (exact) mass is 892 g/mol. The molecule has 4 nitrogen and oxygen atoms in total. The molecule has 0 amide bonds. The smallest absolute Gasteiger partial charge is 0.241 e. The fraction of sp³-hybridized carbons (Fsp3) is 0.167. The zero-order valence-electron chi connectivity index (χ0n) is 40.7. The molecular weight excluding hydrogens is 840 g/mol. The number of hydrogen-bond acceptors (Lipinski definition) is 4. The van der Waals surface area contributed by atoms with Crippen LogP contribution >= 0.6 is 0 Å². The Balaban J connectivity index is 0.000000193. The third-order valence-electron chi connectivity index (χ3n) is 9.02. The molecule has 0 bridgehead atoms. The SMILES string of the molecule is [2H]C([2H])([2H])c1c[c-]c(-c2cc(C([2H])([2H])[2H])c(C([2H])([2H])[2H])cn2)cc1-c1ccccc1.[2H]C([2H])(c1ccnc(-c2[c-]ccc3c2Oc2cccc4c2B3c2ccccc2O4)c1)C(C)(C)C.[Ir]. The standard InChI is InChI=1S/C28H23BNO2.C20H18N.Ir/c1-28(2,3)17-18-14-15-30-22(16-18)19-8-6-10-21-27(19)32-25-13-7-12-24-26(25)29(21)20-9-4-5-11-23(20)31-24;1-14-9-10-18(20-11-15(2)16(3)13-21-20)12-19(14)17-7-5-4-6-8-17;/h4-7,9-16H,17H2,1-3H3;4-9,11-13H,1-3H3;/q2*-1;/i17D2;1D3,2D3,3D3;. The topological polar surface area (TPSA) is 44.2 Å². The third kappa shape index (κ3) is 7.42. The molecule has 6 heteroatoms. The fourth-order valence-electron chi connectivity index (χ4n) is 6.71. The van der Waals surface area contributed by atoms with Crippen LogP contribution in [0.3, 0.4) is 0 Å². The molecule has 0 spiro atoms. The van der Waals surface area contributed by atoms with Crippen LogP contribution in [0.4, 0.5) is 0 Å². The molecule has 7 aromatic rings. The van der Waals surface area contributed by atoms with Crippen LogP contribution in [-0.2, 0) is 26.5 Å². The van der Waals surface area contributed by atoms with Crippen molar-refractivity contribution in [1.82, 2.24) is 9.97 Å². The second-order valence-corrected chi connectivity index (χ2v) is 13.9. The van der Waals surface area contributed by atoms with E-state index in [0.29, 0.717) is 33.7 Å². The number of fused-ring (bicyclic) bond motifs is 4. The van der Waals surface area contributed by atoms with Gasteiger partial charge in [-0.25, -0.2) is 0 Å². The molecule has 0 saturated carbocycles. The van der Waals surface area contributed by atoms with Crippen molar-refractivity contribution in [3.63, 3.8) is 0 Å². The van der Waals surface area contributed by atoms with Crippen LogP contribution in [0.25, 0.3) is 33.6 Å². The van der Waals surface area contributed by atoms with Crippen LogP contribution < -0.4 is 25.9 Å². The maximum Gasteiger partial charge on any atom is 0.241 e. The Morgan fingerprint density at radius 2 is 1.48 bits per heavy atom. The van der Waals surface area contributed by atoms with Gasteiger partial charge in [-0.15, -0.1) is 53.0 Å². The number of benzene rings is 5. The Kier molecular flexibility index (Phi) is 7.24. The number of hydrogen-bond donors (Lipinski definition) is 0. The number of pyridine rings is 2. The summed E-state index contributed by atoms with van der Waals surface area (Å²) in [4.78, 5) is 8.73. The molecule has 2 aromatic heterocycles. The van der Waals surface area contributed by atoms with E-state index in [2.05, 4.69) is 28.2 Å². The largest absolute Gasteiger partial charge is 0.503 e. The average molecular weight is 892 g/mol. The molecule has 54 heavy (non-hydrogen) atoms. The second kappa shape index (κ2) is 15.2. The van der Waals surface area contributed by atoms with Crippen LogP contribution in [0.5, 0.6) is 23.0 Å². The van der Waals surface area contributed by atoms with Crippen LogP contribution in [0, 0.1) is 38.1 Å². The number of para-hydroxylation sites is 1. The zero-order valence-corrected chi connectivity index (χ0v) is 32.1. The Morgan fingerprint density at radius 3 is 2.28 bits per heavy atom. The molecule has 269 valence electrons. The summed E-state index contributed by atoms with van der Waals surface area (Å²) < 4.78 is 99.5. The van der Waals surface area contributed by atoms with Gasteiger partial charge in [-0.1, -0.05) is 117 Å². The first-order valence-corrected chi connectivity index (χ1v) is 17.3. The van der Waals surface area contributed by atoms with Crippen LogP contribution in [-0.4, -0.2) is 16.7 Å². The van der Waals surface area contributed by atoms with E-state index in [1.54, 1.807) is 42.6 Å². The number of aryl methyl sites for hydroxylation is 3. The maximum absolute atomic E-state index is 8.72. The van der Waals surface area contributed by atoms with Crippen molar-refractivity contribution in [2.45, 2.75) is 47.7 Å². The Morgan fingerprint density at radius 1 is 0.722 bits per heavy atom. The Bertz CT molecular complexity index is 2900. The molecule has 4 heterocycles. The normalized spacial score (nSPS) is 16.1. The van der Waals surface area contributed by atoms with Gasteiger partial charge in [0, 0.05) is 58.8 Å². The van der Waals surface area contributed by atoms with Crippen molar-refractivity contribution in [1.29, 1.82) is 0 Å². The van der Waals surface area contributed by atoms with Crippen LogP contribution in [0.1, 0.15) is 58.1 Å². The summed E-state index contributed by atoms with van der Waals surface area (Å²) in [5.74, 6) is 3.11. The van der Waals surface area contributed by atoms with Gasteiger partial charge >= 0.3 is 0 Å². The van der Waals surface area contributed by atoms with Gasteiger partial charge in [0.1, 0.15) is 17.2 Å². The van der Waals surface area contributed by atoms with E-state index in [1.807, 2.05) is 81.4 Å². The molecule has 2 aliphatic heterocycles. The van der Waals surface area contributed by atoms with Crippen molar-refractivity contribution in [3.8, 4) is 56.6 Å². The van der Waals surface area contributed by atoms with Crippen LogP contribution in [0.15, 0.2) is 128 Å². The van der Waals surface area contributed by atoms with Gasteiger partial charge in [-0.3, -0.25) is 0 Å². The van der Waals surface area contributed by atoms with Crippen molar-refractivity contribution >= 4 is 23.1 Å². The van der Waals surface area contributed by atoms with Gasteiger partial charge in [0.15, 0.2) is 0 Å². The Labute approximate surface area is 348 Å². The molecule has 9 rings (SSSR count). The summed E-state index contributed by atoms with van der Waals surface area (Å²) in [7, 11) is 0. The summed E-state index contributed by atoms with van der Waals surface area (Å²) >= 11 is 0. The summed E-state index contributed by atoms with van der Waals surface area (Å²) in [5, 5.41) is 0. The van der Waals surface area contributed by atoms with Gasteiger partial charge < -0.3 is 19.4 Å². The van der Waals surface area contributed by atoms with E-state index in [0.717, 1.165) is 45.4 Å². The van der Waals surface area contributed by atoms with E-state index >= 15 is 0 Å². The van der Waals surface area contributed by atoms with E-state index in [1.165, 1.54) is 12.1 Å². The van der Waals surface area contributed by atoms with Gasteiger partial charge in [0.25, 0.3) is 0 Å². The maximum atomic E-state index is 8.72. The number of ether oxygens (including phenoxy) is 2. The van der Waals surface area contributed by atoms with Gasteiger partial charge in [-0.2, -0.15) is 0 Å². The molecule has 0 fully saturated rings. The first kappa shape index (κ1) is 25.7. The summed E-state index contributed by atoms with van der Waals surface area (Å²) in [6.45, 7) is -1.96. The van der Waals surface area contributed by atoms with E-state index in [9.17, 15) is 0 Å². The van der Waals surface area contributed by atoms with Crippen LogP contribution in [0.2, 0.25) is 0 Å². The van der Waals surface area contributed by atoms with Crippen molar-refractivity contribution in [2.24, 2.45) is 5.41 Å². The summed E-state index contributed by atoms with van der Waals surface area (Å²) in [6.07, 6.45) is 1.18. The van der Waals surface area contributed by atoms with E-state index < -0.39 is 32.3 Å². The minimum Gasteiger partial charge on any atom is -0.503 e. The number of nitrogens with zero attached hydrogens (tertiary/aromatic N) is 2. The third-order valence-corrected chi connectivity index (χ3v) is 9.02. The second-order valence-electron chi connectivity index (χ2n) is 13.9. The molecule has 1 radical (unpaired) electrons. The first-order chi connectivity index (χ1) is 30.0. The number of aromatic nitrogens is 2. The number of rotatable bonds is 4. The Hall–Kier alpha value is -5.29. The molecule has 5 aromatic carbocycles. The quantitative estimate of drug-likeness (QED) is 0.131. The molecule has 0 N–H and O–H groups in total. The minimum atomic E-state index is -2.65. The van der Waals surface area contributed by atoms with Gasteiger partial charge in [0.05, 0.1) is 0 Å². The molecule has 2 aliphatic rings. The van der Waals surface area contributed by atoms with E-state index in [4.69, 9.17) is 24.6 Å². The minimum absolute atomic E-state index is 0. The summed E-state index contributed by atoms with van der Waals surface area (Å²) in [6, 6.07) is 40.7. The fourth-order valence-corrected chi connectivity index (χ4v) is 6.71. The van der Waals surface area contributed by atoms with Crippen molar-refractivity contribution in [3.05, 3.63) is 162 Å². The first-order valence-electron chi connectivity index (χ1n) is 22.8. The molecule has 0 atom stereocenters. The molecule has 0 saturated heterocycles. The average Bonchev–Trinajstić information content (AvgIpc) is 3.25. The van der Waals surface area contributed by atoms with Crippen molar-refractivity contribution < 1.29 is 44.7 Å². The van der Waals surface area contributed by atoms with Gasteiger partial charge in [0.2, 0.25) is 6.71 Å². The summed E-state index contributed by atoms with van der Waals surface area (Å²) in [5.41, 5.74) is 5.66. The molecular formula is C48H41BIrN2O2-2. The van der Waals surface area contributed by atoms with Gasteiger partial charge in [-0.05, 0) is 77.7 Å². The predicted molar refractivity (Wildman–Crippen MR) is 218 cm³/mol. The van der Waals surface area contributed by atoms with E-state index in [-0.39, 0.29) is 49.2 Å². The molecule has 0 aliphatic carbocycles. The van der Waals surface area contributed by atoms with Crippen molar-refractivity contribution in [2.75, 3.05) is 0 Å². The zero-order chi connectivity index (χ0) is 46.0. The molecule has 0 unspecified atom stereocenters. The predicted octanol–water partition coefficient (Wildman–Crippen LogP) is 10.0.